The van der Waals surface area contributed by atoms with Gasteiger partial charge < -0.3 is 20.1 Å². The van der Waals surface area contributed by atoms with E-state index in [9.17, 15) is 14.4 Å². The number of hydrogen-bond donors (Lipinski definition) is 2. The molecule has 2 N–H and O–H groups in total. The quantitative estimate of drug-likeness (QED) is 0.648. The lowest BCUT2D eigenvalue weighted by molar-refractivity contribution is -0.119. The molecule has 1 aromatic heterocycles. The number of carbonyl (C=O) groups is 3. The number of anilines is 2. The summed E-state index contributed by atoms with van der Waals surface area (Å²) in [6.07, 6.45) is 5.58. The van der Waals surface area contributed by atoms with Crippen LogP contribution in [0.3, 0.4) is 0 Å². The smallest absolute Gasteiger partial charge is 0.256 e. The van der Waals surface area contributed by atoms with Crippen LogP contribution in [0.4, 0.5) is 11.4 Å². The van der Waals surface area contributed by atoms with Crippen LogP contribution in [-0.2, 0) is 23.1 Å². The van der Waals surface area contributed by atoms with E-state index < -0.39 is 6.04 Å². The molecule has 7 heteroatoms. The number of para-hydroxylation sites is 1. The van der Waals surface area contributed by atoms with Crippen molar-refractivity contribution in [2.24, 2.45) is 7.05 Å². The molecule has 32 heavy (non-hydrogen) atoms. The third-order valence-corrected chi connectivity index (χ3v) is 6.44. The summed E-state index contributed by atoms with van der Waals surface area (Å²) in [5.74, 6) is -0.387. The van der Waals surface area contributed by atoms with Gasteiger partial charge in [-0.25, -0.2) is 0 Å². The zero-order chi connectivity index (χ0) is 22.2. The van der Waals surface area contributed by atoms with E-state index in [1.165, 1.54) is 16.5 Å². The first-order valence-corrected chi connectivity index (χ1v) is 11.1. The van der Waals surface area contributed by atoms with Gasteiger partial charge in [-0.15, -0.1) is 0 Å². The van der Waals surface area contributed by atoms with Gasteiger partial charge in [0, 0.05) is 42.8 Å². The number of benzene rings is 2. The van der Waals surface area contributed by atoms with E-state index in [0.717, 1.165) is 19.3 Å². The summed E-state index contributed by atoms with van der Waals surface area (Å²) in [5.41, 5.74) is 3.93. The van der Waals surface area contributed by atoms with Gasteiger partial charge in [0.05, 0.1) is 11.3 Å². The minimum Gasteiger partial charge on any atom is -0.350 e. The molecule has 7 nitrogen and oxygen atoms in total. The molecule has 0 unspecified atom stereocenters. The van der Waals surface area contributed by atoms with Crippen molar-refractivity contribution in [3.63, 3.8) is 0 Å². The number of fused-ring (bicyclic) bond motifs is 3. The summed E-state index contributed by atoms with van der Waals surface area (Å²) in [6, 6.07) is 13.0. The van der Waals surface area contributed by atoms with Gasteiger partial charge in [0.2, 0.25) is 11.8 Å². The monoisotopic (exact) mass is 430 g/mol. The molecule has 2 aliphatic heterocycles. The van der Waals surface area contributed by atoms with Crippen molar-refractivity contribution >= 4 is 40.0 Å². The van der Waals surface area contributed by atoms with Crippen molar-refractivity contribution in [1.29, 1.82) is 0 Å². The van der Waals surface area contributed by atoms with Crippen molar-refractivity contribution in [3.05, 3.63) is 59.8 Å². The second-order valence-electron chi connectivity index (χ2n) is 8.59. The third-order valence-electron chi connectivity index (χ3n) is 6.44. The van der Waals surface area contributed by atoms with Gasteiger partial charge in [-0.3, -0.25) is 14.4 Å². The molecule has 3 heterocycles. The molecule has 0 aliphatic carbocycles. The van der Waals surface area contributed by atoms with Gasteiger partial charge in [0.15, 0.2) is 0 Å². The van der Waals surface area contributed by atoms with Gasteiger partial charge >= 0.3 is 0 Å². The summed E-state index contributed by atoms with van der Waals surface area (Å²) in [7, 11) is 2.03. The molecule has 0 radical (unpaired) electrons. The van der Waals surface area contributed by atoms with Crippen molar-refractivity contribution < 1.29 is 14.4 Å². The average molecular weight is 431 g/mol. The molecule has 3 aromatic rings. The minimum absolute atomic E-state index is 0.0886. The number of amides is 3. The predicted molar refractivity (Wildman–Crippen MR) is 124 cm³/mol. The van der Waals surface area contributed by atoms with Gasteiger partial charge in [-0.2, -0.15) is 0 Å². The predicted octanol–water partition coefficient (Wildman–Crippen LogP) is 3.70. The highest BCUT2D eigenvalue weighted by molar-refractivity contribution is 6.11. The standard InChI is InChI=1S/C25H26N4O3/c1-28-15-16(18-7-2-3-8-21(18)28)6-4-10-23(30)26-17-11-12-20-19(14-17)25(32)29-13-5-9-22(29)24(31)27-20/h2-3,7-8,11-12,14-15,22H,4-6,9-10,13H2,1H3,(H,26,30)(H,27,31)/t22-/m0/s1. The maximum atomic E-state index is 13.0. The highest BCUT2D eigenvalue weighted by Gasteiger charge is 2.38. The van der Waals surface area contributed by atoms with Crippen molar-refractivity contribution in [3.8, 4) is 0 Å². The number of aromatic nitrogens is 1. The Morgan fingerprint density at radius 1 is 1.19 bits per heavy atom. The van der Waals surface area contributed by atoms with Crippen LogP contribution in [0.25, 0.3) is 10.9 Å². The van der Waals surface area contributed by atoms with Crippen LogP contribution in [0.5, 0.6) is 0 Å². The topological polar surface area (TPSA) is 83.4 Å². The molecule has 3 amide bonds. The van der Waals surface area contributed by atoms with Gasteiger partial charge in [-0.1, -0.05) is 18.2 Å². The molecule has 0 saturated carbocycles. The Labute approximate surface area is 186 Å². The van der Waals surface area contributed by atoms with E-state index in [1.807, 2.05) is 19.2 Å². The van der Waals surface area contributed by atoms with Crippen molar-refractivity contribution in [2.45, 2.75) is 38.1 Å². The number of nitrogens with one attached hydrogen (secondary N) is 2. The fourth-order valence-electron chi connectivity index (χ4n) is 4.85. The van der Waals surface area contributed by atoms with Crippen LogP contribution in [0.2, 0.25) is 0 Å². The lowest BCUT2D eigenvalue weighted by atomic mass is 10.1. The molecule has 0 spiro atoms. The number of carbonyl (C=O) groups excluding carboxylic acids is 3. The minimum atomic E-state index is -0.401. The van der Waals surface area contributed by atoms with Crippen LogP contribution in [0.15, 0.2) is 48.7 Å². The zero-order valence-electron chi connectivity index (χ0n) is 18.1. The Balaban J connectivity index is 1.24. The van der Waals surface area contributed by atoms with Crippen LogP contribution in [-0.4, -0.2) is 39.8 Å². The fourth-order valence-corrected chi connectivity index (χ4v) is 4.85. The normalized spacial score (nSPS) is 17.7. The Hall–Kier alpha value is -3.61. The SMILES string of the molecule is Cn1cc(CCCC(=O)Nc2ccc3c(c2)C(=O)N2CCC[C@H]2C(=O)N3)c2ccccc21. The first kappa shape index (κ1) is 20.3. The number of hydrogen-bond acceptors (Lipinski definition) is 3. The molecule has 5 rings (SSSR count). The molecule has 164 valence electrons. The summed E-state index contributed by atoms with van der Waals surface area (Å²) < 4.78 is 2.11. The summed E-state index contributed by atoms with van der Waals surface area (Å²) >= 11 is 0. The first-order valence-electron chi connectivity index (χ1n) is 11.1. The molecular formula is C25H26N4O3. The Kier molecular flexibility index (Phi) is 5.17. The third kappa shape index (κ3) is 3.64. The Bertz CT molecular complexity index is 1230. The second-order valence-corrected chi connectivity index (χ2v) is 8.59. The molecule has 1 saturated heterocycles. The number of nitrogens with zero attached hydrogens (tertiary/aromatic N) is 2. The maximum absolute atomic E-state index is 13.0. The molecule has 2 aliphatic rings. The maximum Gasteiger partial charge on any atom is 0.256 e. The summed E-state index contributed by atoms with van der Waals surface area (Å²) in [5, 5.41) is 6.99. The van der Waals surface area contributed by atoms with E-state index in [0.29, 0.717) is 36.3 Å². The fraction of sp³-hybridized carbons (Fsp3) is 0.320. The molecule has 2 aromatic carbocycles. The molecule has 1 atom stereocenters. The van der Waals surface area contributed by atoms with E-state index in [-0.39, 0.29) is 17.7 Å². The lowest BCUT2D eigenvalue weighted by Gasteiger charge is -2.20. The first-order chi connectivity index (χ1) is 15.5. The Morgan fingerprint density at radius 2 is 2.03 bits per heavy atom. The molecule has 0 bridgehead atoms. The van der Waals surface area contributed by atoms with Gasteiger partial charge in [0.1, 0.15) is 6.04 Å². The second kappa shape index (κ2) is 8.15. The average Bonchev–Trinajstić information content (AvgIpc) is 3.38. The van der Waals surface area contributed by atoms with E-state index in [1.54, 1.807) is 23.1 Å². The summed E-state index contributed by atoms with van der Waals surface area (Å²) in [4.78, 5) is 39.5. The van der Waals surface area contributed by atoms with Gasteiger partial charge in [-0.05, 0) is 55.5 Å². The van der Waals surface area contributed by atoms with Gasteiger partial charge in [0.25, 0.3) is 5.91 Å². The zero-order valence-corrected chi connectivity index (χ0v) is 18.1. The van der Waals surface area contributed by atoms with Crippen molar-refractivity contribution in [2.75, 3.05) is 17.2 Å². The highest BCUT2D eigenvalue weighted by atomic mass is 16.2. The Morgan fingerprint density at radius 3 is 2.91 bits per heavy atom. The summed E-state index contributed by atoms with van der Waals surface area (Å²) in [6.45, 7) is 0.584. The van der Waals surface area contributed by atoms with E-state index in [4.69, 9.17) is 0 Å². The van der Waals surface area contributed by atoms with Crippen LogP contribution in [0, 0.1) is 0 Å². The van der Waals surface area contributed by atoms with Crippen LogP contribution < -0.4 is 10.6 Å². The number of aryl methyl sites for hydroxylation is 2. The molecular weight excluding hydrogens is 404 g/mol. The van der Waals surface area contributed by atoms with E-state index in [2.05, 4.69) is 33.5 Å². The van der Waals surface area contributed by atoms with E-state index >= 15 is 0 Å². The highest BCUT2D eigenvalue weighted by Crippen LogP contribution is 2.30. The lowest BCUT2D eigenvalue weighted by Crippen LogP contribution is -2.40. The molecule has 1 fully saturated rings. The number of rotatable bonds is 5. The van der Waals surface area contributed by atoms with Crippen LogP contribution in [0.1, 0.15) is 41.6 Å². The van der Waals surface area contributed by atoms with Crippen molar-refractivity contribution in [1.82, 2.24) is 9.47 Å². The largest absolute Gasteiger partial charge is 0.350 e. The van der Waals surface area contributed by atoms with Crippen LogP contribution >= 0.6 is 0 Å².